The summed E-state index contributed by atoms with van der Waals surface area (Å²) in [5, 5.41) is 4.96. The van der Waals surface area contributed by atoms with Gasteiger partial charge in [-0.05, 0) is 84.6 Å². The molecule has 7 nitrogen and oxygen atoms in total. The minimum atomic E-state index is -4.31. The second kappa shape index (κ2) is 11.6. The van der Waals surface area contributed by atoms with E-state index >= 15 is 16.8 Å². The van der Waals surface area contributed by atoms with Gasteiger partial charge in [0.15, 0.2) is 0 Å². The molecule has 1 aliphatic heterocycles. The zero-order chi connectivity index (χ0) is 33.2. The quantitative estimate of drug-likeness (QED) is 0.180. The highest BCUT2D eigenvalue weighted by Gasteiger charge is 2.34. The van der Waals surface area contributed by atoms with Gasteiger partial charge in [-0.2, -0.15) is 7.47 Å². The van der Waals surface area contributed by atoms with E-state index in [1.54, 1.807) is 48.5 Å². The molecule has 1 aliphatic rings. The minimum absolute atomic E-state index is 0.113. The summed E-state index contributed by atoms with van der Waals surface area (Å²) in [4.78, 5) is 0.227. The van der Waals surface area contributed by atoms with E-state index < -0.39 is 28.0 Å². The Balaban J connectivity index is 1.74. The molecule has 2 heterocycles. The van der Waals surface area contributed by atoms with Crippen LogP contribution in [0.3, 0.4) is 0 Å². The van der Waals surface area contributed by atoms with Gasteiger partial charge in [0.25, 0.3) is 20.0 Å². The number of aryl methyl sites for hydroxylation is 2. The SMILES string of the molecule is Cc1ccc(S(=O)(=O)n2c3ccc4ccccc4c3c3c4ccccc4ccc3n(S(=O)(=O)c3ccc(C)cc3)p2N2CCCC2)cc1. The molecule has 8 rings (SSSR count). The van der Waals surface area contributed by atoms with Gasteiger partial charge in [-0.3, -0.25) is 0 Å². The smallest absolute Gasteiger partial charge is 0.233 e. The van der Waals surface area contributed by atoms with Crippen LogP contribution >= 0.6 is 8.00 Å². The Labute approximate surface area is 281 Å². The Morgan fingerprint density at radius 1 is 0.500 bits per heavy atom. The van der Waals surface area contributed by atoms with E-state index in [-0.39, 0.29) is 9.79 Å². The third-order valence-electron chi connectivity index (χ3n) is 9.23. The highest BCUT2D eigenvalue weighted by Crippen LogP contribution is 2.46. The van der Waals surface area contributed by atoms with Crippen LogP contribution in [0.2, 0.25) is 0 Å². The molecule has 0 bridgehead atoms. The molecule has 242 valence electrons. The second-order valence-corrected chi connectivity index (χ2v) is 18.4. The van der Waals surface area contributed by atoms with Crippen LogP contribution in [0.1, 0.15) is 24.0 Å². The van der Waals surface area contributed by atoms with Crippen molar-refractivity contribution in [3.8, 4) is 0 Å². The van der Waals surface area contributed by atoms with Crippen LogP contribution in [0.15, 0.2) is 131 Å². The summed E-state index contributed by atoms with van der Waals surface area (Å²) < 4.78 is 66.1. The predicted octanol–water partition coefficient (Wildman–Crippen LogP) is 8.84. The molecule has 1 saturated heterocycles. The van der Waals surface area contributed by atoms with Crippen LogP contribution in [0.4, 0.5) is 0 Å². The van der Waals surface area contributed by atoms with Crippen molar-refractivity contribution in [2.75, 3.05) is 17.8 Å². The average molecular weight is 692 g/mol. The summed E-state index contributed by atoms with van der Waals surface area (Å²) in [5.41, 5.74) is 2.79. The summed E-state index contributed by atoms with van der Waals surface area (Å²) in [6, 6.07) is 37.1. The lowest BCUT2D eigenvalue weighted by Gasteiger charge is -2.26. The van der Waals surface area contributed by atoms with Gasteiger partial charge >= 0.3 is 0 Å². The molecule has 0 amide bonds. The molecule has 6 aromatic carbocycles. The van der Waals surface area contributed by atoms with Crippen molar-refractivity contribution < 1.29 is 16.8 Å². The Morgan fingerprint density at radius 3 is 1.31 bits per heavy atom. The minimum Gasteiger partial charge on any atom is -0.233 e. The molecular formula is C38H34N3O4PS2. The van der Waals surface area contributed by atoms with Gasteiger partial charge in [-0.1, -0.05) is 96.1 Å². The summed E-state index contributed by atoms with van der Waals surface area (Å²) in [6.07, 6.45) is 1.68. The van der Waals surface area contributed by atoms with Crippen molar-refractivity contribution in [3.05, 3.63) is 132 Å². The largest absolute Gasteiger partial charge is 0.273 e. The predicted molar refractivity (Wildman–Crippen MR) is 197 cm³/mol. The summed E-state index contributed by atoms with van der Waals surface area (Å²) in [5.74, 6) is 0. The lowest BCUT2D eigenvalue weighted by atomic mass is 9.98. The third-order valence-corrected chi connectivity index (χ3v) is 16.4. The molecule has 1 fully saturated rings. The van der Waals surface area contributed by atoms with Crippen molar-refractivity contribution in [1.29, 1.82) is 0 Å². The first-order valence-corrected chi connectivity index (χ1v) is 20.1. The zero-order valence-corrected chi connectivity index (χ0v) is 29.1. The number of aromatic nitrogens is 2. The van der Waals surface area contributed by atoms with Crippen molar-refractivity contribution in [2.45, 2.75) is 36.5 Å². The fourth-order valence-corrected chi connectivity index (χ4v) is 14.3. The molecule has 0 N–H and O–H groups in total. The number of hydrogen-bond acceptors (Lipinski definition) is 5. The van der Waals surface area contributed by atoms with Gasteiger partial charge in [0.05, 0.1) is 20.8 Å². The van der Waals surface area contributed by atoms with Crippen LogP contribution in [-0.4, -0.2) is 37.4 Å². The average Bonchev–Trinajstić information content (AvgIpc) is 3.58. The normalized spacial score (nSPS) is 14.4. The number of nitrogens with zero attached hydrogens (tertiary/aromatic N) is 3. The first kappa shape index (κ1) is 30.9. The number of rotatable bonds is 5. The molecular weight excluding hydrogens is 658 g/mol. The first-order chi connectivity index (χ1) is 23.2. The number of hydrogen-bond donors (Lipinski definition) is 0. The van der Waals surface area contributed by atoms with Crippen molar-refractivity contribution in [3.63, 3.8) is 0 Å². The van der Waals surface area contributed by atoms with E-state index in [4.69, 9.17) is 0 Å². The van der Waals surface area contributed by atoms with E-state index in [2.05, 4.69) is 4.67 Å². The first-order valence-electron chi connectivity index (χ1n) is 16.0. The summed E-state index contributed by atoms with van der Waals surface area (Å²) in [7, 11) is -10.8. The maximum Gasteiger partial charge on any atom is 0.273 e. The Hall–Kier alpha value is -4.40. The second-order valence-electron chi connectivity index (χ2n) is 12.4. The monoisotopic (exact) mass is 691 g/mol. The fourth-order valence-electron chi connectivity index (χ4n) is 6.81. The molecule has 0 radical (unpaired) electrons. The van der Waals surface area contributed by atoms with E-state index in [1.807, 2.05) is 86.6 Å². The van der Waals surface area contributed by atoms with Crippen LogP contribution in [0.25, 0.3) is 43.4 Å². The standard InChI is InChI=1S/C38H34N3O4PS2/c1-27-13-19-31(20-14-27)47(42,43)40-35-23-17-29-9-3-5-11-33(29)37(35)38-34-12-6-4-10-30(34)18-24-36(38)41(46(40)39-25-7-8-26-39)48(44,45)32-21-15-28(2)16-22-32/h3-6,9-24H,7-8,25-26H2,1-2H3. The molecule has 1 aromatic heterocycles. The van der Waals surface area contributed by atoms with Crippen LogP contribution in [-0.2, 0) is 20.0 Å². The van der Waals surface area contributed by atoms with Crippen LogP contribution in [0.5, 0.6) is 0 Å². The van der Waals surface area contributed by atoms with Gasteiger partial charge in [-0.15, -0.1) is 0 Å². The molecule has 0 aliphatic carbocycles. The van der Waals surface area contributed by atoms with E-state index in [1.165, 1.54) is 7.47 Å². The summed E-state index contributed by atoms with van der Waals surface area (Å²) >= 11 is 0. The van der Waals surface area contributed by atoms with Gasteiger partial charge in [0.1, 0.15) is 8.00 Å². The van der Waals surface area contributed by atoms with Crippen LogP contribution < -0.4 is 4.67 Å². The molecule has 0 unspecified atom stereocenters. The van der Waals surface area contributed by atoms with E-state index in [0.29, 0.717) is 34.9 Å². The van der Waals surface area contributed by atoms with Crippen molar-refractivity contribution in [1.82, 2.24) is 7.47 Å². The molecule has 7 aromatic rings. The number of fused-ring (bicyclic) bond motifs is 7. The van der Waals surface area contributed by atoms with Gasteiger partial charge in [-0.25, -0.2) is 21.5 Å². The highest BCUT2D eigenvalue weighted by atomic mass is 32.2. The Bertz CT molecular complexity index is 2490. The third kappa shape index (κ3) is 4.88. The zero-order valence-electron chi connectivity index (χ0n) is 26.6. The van der Waals surface area contributed by atoms with E-state index in [9.17, 15) is 0 Å². The topological polar surface area (TPSA) is 81.4 Å². The number of benzene rings is 6. The molecule has 0 saturated carbocycles. The maximum atomic E-state index is 15.3. The molecule has 0 spiro atoms. The lowest BCUT2D eigenvalue weighted by Crippen LogP contribution is -2.27. The highest BCUT2D eigenvalue weighted by molar-refractivity contribution is 7.96. The fraction of sp³-hybridized carbons (Fsp3) is 0.158. The maximum absolute atomic E-state index is 15.3. The van der Waals surface area contributed by atoms with Crippen molar-refractivity contribution in [2.24, 2.45) is 0 Å². The van der Waals surface area contributed by atoms with Gasteiger partial charge in [0, 0.05) is 23.9 Å². The molecule has 10 heteroatoms. The molecule has 0 atom stereocenters. The molecule has 48 heavy (non-hydrogen) atoms. The van der Waals surface area contributed by atoms with E-state index in [0.717, 1.165) is 45.5 Å². The Kier molecular flexibility index (Phi) is 7.49. The van der Waals surface area contributed by atoms with Crippen molar-refractivity contribution >= 4 is 71.4 Å². The van der Waals surface area contributed by atoms with Crippen LogP contribution in [0, 0.1) is 13.8 Å². The van der Waals surface area contributed by atoms with Gasteiger partial charge < -0.3 is 0 Å². The Morgan fingerprint density at radius 2 is 0.896 bits per heavy atom. The lowest BCUT2D eigenvalue weighted by molar-refractivity contribution is 0.591. The summed E-state index contributed by atoms with van der Waals surface area (Å²) in [6.45, 7) is 4.96. The van der Waals surface area contributed by atoms with Gasteiger partial charge in [0.2, 0.25) is 0 Å².